The maximum absolute atomic E-state index is 12.4. The molecule has 4 heteroatoms. The number of ether oxygens (including phenoxy) is 1. The summed E-state index contributed by atoms with van der Waals surface area (Å²) < 4.78 is 5.65. The van der Waals surface area contributed by atoms with E-state index in [1.165, 1.54) is 0 Å². The number of rotatable bonds is 6. The van der Waals surface area contributed by atoms with Crippen LogP contribution < -0.4 is 10.1 Å². The van der Waals surface area contributed by atoms with Gasteiger partial charge in [-0.25, -0.2) is 0 Å². The van der Waals surface area contributed by atoms with Crippen molar-refractivity contribution in [1.29, 1.82) is 0 Å². The molecule has 0 aliphatic carbocycles. The zero-order valence-corrected chi connectivity index (χ0v) is 12.2. The first-order valence-corrected chi connectivity index (χ1v) is 8.03. The summed E-state index contributed by atoms with van der Waals surface area (Å²) in [5.41, 5.74) is 0.716. The Balaban J connectivity index is 2.00. The Hall–Kier alpha value is -1.00. The SMILES string of the molecule is CCCOc1ccccc1C(=O)CC1CSCCN1. The Kier molecular flexibility index (Phi) is 5.73. The maximum Gasteiger partial charge on any atom is 0.168 e. The first kappa shape index (κ1) is 14.4. The summed E-state index contributed by atoms with van der Waals surface area (Å²) in [7, 11) is 0. The number of benzene rings is 1. The van der Waals surface area contributed by atoms with Crippen molar-refractivity contribution in [2.45, 2.75) is 25.8 Å². The second kappa shape index (κ2) is 7.56. The normalized spacial score (nSPS) is 19.1. The molecule has 2 rings (SSSR count). The van der Waals surface area contributed by atoms with Crippen molar-refractivity contribution >= 4 is 17.5 Å². The molecule has 1 saturated heterocycles. The summed E-state index contributed by atoms with van der Waals surface area (Å²) in [4.78, 5) is 12.4. The highest BCUT2D eigenvalue weighted by Crippen LogP contribution is 2.21. The quantitative estimate of drug-likeness (QED) is 0.813. The van der Waals surface area contributed by atoms with Crippen molar-refractivity contribution < 1.29 is 9.53 Å². The standard InChI is InChI=1S/C15H21NO2S/c1-2-8-18-15-6-4-3-5-13(15)14(17)10-12-11-19-9-7-16-12/h3-6,12,16H,2,7-11H2,1H3. The molecule has 3 nitrogen and oxygen atoms in total. The molecular weight excluding hydrogens is 258 g/mol. The lowest BCUT2D eigenvalue weighted by molar-refractivity contribution is 0.0968. The van der Waals surface area contributed by atoms with Crippen LogP contribution in [0.4, 0.5) is 0 Å². The van der Waals surface area contributed by atoms with Gasteiger partial charge >= 0.3 is 0 Å². The molecule has 1 fully saturated rings. The Morgan fingerprint density at radius 2 is 2.32 bits per heavy atom. The van der Waals surface area contributed by atoms with Crippen LogP contribution in [-0.4, -0.2) is 36.5 Å². The molecule has 1 aromatic rings. The Labute approximate surface area is 119 Å². The van der Waals surface area contributed by atoms with E-state index in [1.807, 2.05) is 36.0 Å². The number of ketones is 1. The summed E-state index contributed by atoms with van der Waals surface area (Å²) in [6, 6.07) is 7.85. The summed E-state index contributed by atoms with van der Waals surface area (Å²) in [5.74, 6) is 3.05. The van der Waals surface area contributed by atoms with E-state index in [-0.39, 0.29) is 5.78 Å². The number of carbonyl (C=O) groups excluding carboxylic acids is 1. The van der Waals surface area contributed by atoms with E-state index >= 15 is 0 Å². The van der Waals surface area contributed by atoms with E-state index < -0.39 is 0 Å². The molecule has 1 aliphatic heterocycles. The fourth-order valence-electron chi connectivity index (χ4n) is 2.12. The molecule has 0 saturated carbocycles. The van der Waals surface area contributed by atoms with Crippen LogP contribution in [0, 0.1) is 0 Å². The number of nitrogens with one attached hydrogen (secondary N) is 1. The highest BCUT2D eigenvalue weighted by atomic mass is 32.2. The van der Waals surface area contributed by atoms with Crippen LogP contribution >= 0.6 is 11.8 Å². The first-order chi connectivity index (χ1) is 9.31. The van der Waals surface area contributed by atoms with Crippen molar-refractivity contribution in [2.75, 3.05) is 24.7 Å². The molecular formula is C15H21NO2S. The van der Waals surface area contributed by atoms with Crippen molar-refractivity contribution in [3.8, 4) is 5.75 Å². The van der Waals surface area contributed by atoms with Gasteiger partial charge in [0.05, 0.1) is 12.2 Å². The summed E-state index contributed by atoms with van der Waals surface area (Å²) in [6.45, 7) is 3.71. The second-order valence-corrected chi connectivity index (χ2v) is 5.85. The average molecular weight is 279 g/mol. The van der Waals surface area contributed by atoms with Crippen LogP contribution in [0.5, 0.6) is 5.75 Å². The number of para-hydroxylation sites is 1. The molecule has 104 valence electrons. The lowest BCUT2D eigenvalue weighted by atomic mass is 10.0. The molecule has 1 heterocycles. The van der Waals surface area contributed by atoms with Crippen LogP contribution in [0.1, 0.15) is 30.1 Å². The molecule has 0 amide bonds. The predicted molar refractivity (Wildman–Crippen MR) is 80.3 cm³/mol. The largest absolute Gasteiger partial charge is 0.493 e. The van der Waals surface area contributed by atoms with Gasteiger partial charge in [0.25, 0.3) is 0 Å². The van der Waals surface area contributed by atoms with Gasteiger partial charge in [0.1, 0.15) is 5.75 Å². The molecule has 1 N–H and O–H groups in total. The molecule has 0 bridgehead atoms. The molecule has 0 spiro atoms. The third-order valence-corrected chi connectivity index (χ3v) is 4.21. The minimum Gasteiger partial charge on any atom is -0.493 e. The maximum atomic E-state index is 12.4. The van der Waals surface area contributed by atoms with Crippen molar-refractivity contribution in [1.82, 2.24) is 5.32 Å². The number of carbonyl (C=O) groups is 1. The lowest BCUT2D eigenvalue weighted by Crippen LogP contribution is -2.38. The predicted octanol–water partition coefficient (Wildman–Crippen LogP) is 2.75. The molecule has 0 radical (unpaired) electrons. The van der Waals surface area contributed by atoms with Gasteiger partial charge in [0, 0.05) is 30.5 Å². The topological polar surface area (TPSA) is 38.3 Å². The van der Waals surface area contributed by atoms with Crippen molar-refractivity contribution in [3.05, 3.63) is 29.8 Å². The van der Waals surface area contributed by atoms with Crippen LogP contribution in [0.2, 0.25) is 0 Å². The third-order valence-electron chi connectivity index (χ3n) is 3.08. The lowest BCUT2D eigenvalue weighted by Gasteiger charge is -2.22. The van der Waals surface area contributed by atoms with Gasteiger partial charge in [-0.05, 0) is 18.6 Å². The summed E-state index contributed by atoms with van der Waals surface area (Å²) in [6.07, 6.45) is 1.50. The van der Waals surface area contributed by atoms with Crippen LogP contribution in [0.25, 0.3) is 0 Å². The zero-order chi connectivity index (χ0) is 13.5. The molecule has 1 atom stereocenters. The van der Waals surface area contributed by atoms with E-state index in [2.05, 4.69) is 12.2 Å². The minimum atomic E-state index is 0.173. The summed E-state index contributed by atoms with van der Waals surface area (Å²) >= 11 is 1.91. The molecule has 1 aliphatic rings. The van der Waals surface area contributed by atoms with E-state index in [4.69, 9.17) is 4.74 Å². The number of hydrogen-bond acceptors (Lipinski definition) is 4. The zero-order valence-electron chi connectivity index (χ0n) is 11.4. The van der Waals surface area contributed by atoms with Gasteiger partial charge in [-0.15, -0.1) is 0 Å². The molecule has 1 unspecified atom stereocenters. The average Bonchev–Trinajstić information content (AvgIpc) is 2.46. The molecule has 1 aromatic carbocycles. The first-order valence-electron chi connectivity index (χ1n) is 6.87. The van der Waals surface area contributed by atoms with E-state index in [0.29, 0.717) is 24.6 Å². The second-order valence-electron chi connectivity index (χ2n) is 4.70. The van der Waals surface area contributed by atoms with E-state index in [9.17, 15) is 4.79 Å². The van der Waals surface area contributed by atoms with Crippen LogP contribution in [0.15, 0.2) is 24.3 Å². The molecule has 19 heavy (non-hydrogen) atoms. The van der Waals surface area contributed by atoms with E-state index in [1.54, 1.807) is 0 Å². The number of Topliss-reactive ketones (excluding diaryl/α,β-unsaturated/α-hetero) is 1. The summed E-state index contributed by atoms with van der Waals surface area (Å²) in [5, 5.41) is 3.40. The van der Waals surface area contributed by atoms with Gasteiger partial charge in [0.15, 0.2) is 5.78 Å². The van der Waals surface area contributed by atoms with Crippen molar-refractivity contribution in [2.24, 2.45) is 0 Å². The smallest absolute Gasteiger partial charge is 0.168 e. The minimum absolute atomic E-state index is 0.173. The van der Waals surface area contributed by atoms with Gasteiger partial charge in [-0.1, -0.05) is 19.1 Å². The fraction of sp³-hybridized carbons (Fsp3) is 0.533. The highest BCUT2D eigenvalue weighted by Gasteiger charge is 2.19. The van der Waals surface area contributed by atoms with Crippen LogP contribution in [0.3, 0.4) is 0 Å². The van der Waals surface area contributed by atoms with Gasteiger partial charge in [0.2, 0.25) is 0 Å². The fourth-order valence-corrected chi connectivity index (χ4v) is 3.07. The van der Waals surface area contributed by atoms with Crippen LogP contribution in [-0.2, 0) is 0 Å². The number of thioether (sulfide) groups is 1. The van der Waals surface area contributed by atoms with Gasteiger partial charge in [-0.3, -0.25) is 4.79 Å². The highest BCUT2D eigenvalue weighted by molar-refractivity contribution is 7.99. The Bertz CT molecular complexity index is 416. The molecule has 0 aromatic heterocycles. The monoisotopic (exact) mass is 279 g/mol. The van der Waals surface area contributed by atoms with E-state index in [0.717, 1.165) is 30.2 Å². The van der Waals surface area contributed by atoms with Crippen molar-refractivity contribution in [3.63, 3.8) is 0 Å². The van der Waals surface area contributed by atoms with Gasteiger partial charge in [-0.2, -0.15) is 11.8 Å². The Morgan fingerprint density at radius 1 is 1.47 bits per heavy atom. The Morgan fingerprint density at radius 3 is 3.05 bits per heavy atom. The third kappa shape index (κ3) is 4.25. The van der Waals surface area contributed by atoms with Gasteiger partial charge < -0.3 is 10.1 Å². The number of hydrogen-bond donors (Lipinski definition) is 1.